The van der Waals surface area contributed by atoms with E-state index in [-0.39, 0.29) is 11.3 Å². The molecule has 0 aromatic heterocycles. The van der Waals surface area contributed by atoms with Gasteiger partial charge in [0.05, 0.1) is 13.2 Å². The van der Waals surface area contributed by atoms with Crippen LogP contribution in [0.2, 0.25) is 0 Å². The predicted octanol–water partition coefficient (Wildman–Crippen LogP) is 4.72. The summed E-state index contributed by atoms with van der Waals surface area (Å²) in [5.74, 6) is 5.80. The maximum atomic E-state index is 12.2. The molecule has 2 heteroatoms. The van der Waals surface area contributed by atoms with Gasteiger partial charge in [-0.15, -0.1) is 0 Å². The summed E-state index contributed by atoms with van der Waals surface area (Å²) in [7, 11) is 0. The molecule has 1 aliphatic heterocycles. The Labute approximate surface area is 141 Å². The van der Waals surface area contributed by atoms with E-state index in [1.165, 1.54) is 44.9 Å². The lowest BCUT2D eigenvalue weighted by atomic mass is 9.47. The minimum absolute atomic E-state index is 0.145. The first kappa shape index (κ1) is 16.1. The highest BCUT2D eigenvalue weighted by molar-refractivity contribution is 5.79. The van der Waals surface area contributed by atoms with Crippen LogP contribution in [0.25, 0.3) is 0 Å². The van der Waals surface area contributed by atoms with E-state index in [9.17, 15) is 4.79 Å². The standard InChI is InChI=1S/C21H34O2/c1-13-4-6-16-15(10-13)5-7-18-17(16)8-9-21(3)19(14(2)22)11-23-12-20(18)21/h13,15-20H,4-12H2,1-3H3. The highest BCUT2D eigenvalue weighted by Gasteiger charge is 2.56. The summed E-state index contributed by atoms with van der Waals surface area (Å²) in [5.41, 5.74) is 0.208. The van der Waals surface area contributed by atoms with Crippen LogP contribution in [0, 0.1) is 46.8 Å². The van der Waals surface area contributed by atoms with Gasteiger partial charge in [-0.1, -0.05) is 20.3 Å². The van der Waals surface area contributed by atoms with Crippen LogP contribution in [-0.4, -0.2) is 19.0 Å². The topological polar surface area (TPSA) is 26.3 Å². The molecule has 4 rings (SSSR count). The Morgan fingerprint density at radius 3 is 2.57 bits per heavy atom. The van der Waals surface area contributed by atoms with E-state index in [2.05, 4.69) is 13.8 Å². The van der Waals surface area contributed by atoms with Gasteiger partial charge in [-0.3, -0.25) is 4.79 Å². The molecule has 8 atom stereocenters. The number of carbonyl (C=O) groups is 1. The van der Waals surface area contributed by atoms with Crippen molar-refractivity contribution >= 4 is 5.78 Å². The minimum Gasteiger partial charge on any atom is -0.380 e. The van der Waals surface area contributed by atoms with Crippen molar-refractivity contribution in [2.75, 3.05) is 13.2 Å². The summed E-state index contributed by atoms with van der Waals surface area (Å²) >= 11 is 0. The van der Waals surface area contributed by atoms with Crippen LogP contribution in [-0.2, 0) is 9.53 Å². The first-order valence-corrected chi connectivity index (χ1v) is 10.1. The lowest BCUT2D eigenvalue weighted by Crippen LogP contribution is -2.56. The number of hydrogen-bond acceptors (Lipinski definition) is 2. The van der Waals surface area contributed by atoms with Crippen LogP contribution in [0.1, 0.15) is 65.7 Å². The second kappa shape index (κ2) is 5.86. The minimum atomic E-state index is 0.145. The Morgan fingerprint density at radius 2 is 1.78 bits per heavy atom. The van der Waals surface area contributed by atoms with Crippen molar-refractivity contribution in [2.45, 2.75) is 65.7 Å². The number of Topliss-reactive ketones (excluding diaryl/α,β-unsaturated/α-hetero) is 1. The molecule has 1 heterocycles. The smallest absolute Gasteiger partial charge is 0.135 e. The summed E-state index contributed by atoms with van der Waals surface area (Å²) in [6.07, 6.45) is 9.84. The molecule has 0 aromatic rings. The van der Waals surface area contributed by atoms with Crippen LogP contribution in [0.4, 0.5) is 0 Å². The zero-order valence-electron chi connectivity index (χ0n) is 15.2. The average Bonchev–Trinajstić information content (AvgIpc) is 2.52. The van der Waals surface area contributed by atoms with E-state index in [4.69, 9.17) is 4.74 Å². The van der Waals surface area contributed by atoms with Crippen molar-refractivity contribution in [1.29, 1.82) is 0 Å². The van der Waals surface area contributed by atoms with Crippen LogP contribution >= 0.6 is 0 Å². The van der Waals surface area contributed by atoms with Crippen molar-refractivity contribution in [3.05, 3.63) is 0 Å². The van der Waals surface area contributed by atoms with Crippen molar-refractivity contribution in [1.82, 2.24) is 0 Å². The van der Waals surface area contributed by atoms with Crippen LogP contribution in [0.5, 0.6) is 0 Å². The number of ketones is 1. The molecular weight excluding hydrogens is 284 g/mol. The van der Waals surface area contributed by atoms with Crippen molar-refractivity contribution < 1.29 is 9.53 Å². The molecule has 8 unspecified atom stereocenters. The second-order valence-corrected chi connectivity index (χ2v) is 9.60. The Balaban J connectivity index is 1.58. The van der Waals surface area contributed by atoms with E-state index < -0.39 is 0 Å². The van der Waals surface area contributed by atoms with Gasteiger partial charge in [0.15, 0.2) is 0 Å². The molecule has 3 saturated carbocycles. The maximum absolute atomic E-state index is 12.2. The number of carbonyl (C=O) groups excluding carboxylic acids is 1. The Morgan fingerprint density at radius 1 is 1.00 bits per heavy atom. The summed E-state index contributed by atoms with van der Waals surface area (Å²) < 4.78 is 5.96. The Kier molecular flexibility index (Phi) is 4.11. The van der Waals surface area contributed by atoms with Gasteiger partial charge in [-0.25, -0.2) is 0 Å². The molecule has 0 spiro atoms. The van der Waals surface area contributed by atoms with Crippen molar-refractivity contribution in [2.24, 2.45) is 46.8 Å². The van der Waals surface area contributed by atoms with Crippen molar-refractivity contribution in [3.63, 3.8) is 0 Å². The molecule has 0 amide bonds. The zero-order chi connectivity index (χ0) is 16.2. The lowest BCUT2D eigenvalue weighted by molar-refractivity contribution is -0.171. The first-order valence-electron chi connectivity index (χ1n) is 10.1. The predicted molar refractivity (Wildman–Crippen MR) is 92.0 cm³/mol. The van der Waals surface area contributed by atoms with Crippen LogP contribution in [0.3, 0.4) is 0 Å². The number of rotatable bonds is 1. The lowest BCUT2D eigenvalue weighted by Gasteiger charge is -2.59. The third-order valence-corrected chi connectivity index (χ3v) is 8.52. The van der Waals surface area contributed by atoms with E-state index in [0.29, 0.717) is 18.3 Å². The molecule has 23 heavy (non-hydrogen) atoms. The summed E-state index contributed by atoms with van der Waals surface area (Å²) in [5, 5.41) is 0. The van der Waals surface area contributed by atoms with Gasteiger partial charge in [0.25, 0.3) is 0 Å². The molecule has 4 aliphatic rings. The molecule has 130 valence electrons. The highest BCUT2D eigenvalue weighted by atomic mass is 16.5. The fourth-order valence-corrected chi connectivity index (χ4v) is 7.27. The number of hydrogen-bond donors (Lipinski definition) is 0. The molecule has 3 aliphatic carbocycles. The van der Waals surface area contributed by atoms with Gasteiger partial charge in [-0.05, 0) is 86.4 Å². The van der Waals surface area contributed by atoms with Gasteiger partial charge in [0, 0.05) is 5.92 Å². The molecule has 0 aromatic carbocycles. The fourth-order valence-electron chi connectivity index (χ4n) is 7.27. The van der Waals surface area contributed by atoms with Crippen molar-refractivity contribution in [3.8, 4) is 0 Å². The Bertz CT molecular complexity index is 472. The molecule has 0 bridgehead atoms. The second-order valence-electron chi connectivity index (χ2n) is 9.60. The molecule has 0 N–H and O–H groups in total. The van der Waals surface area contributed by atoms with E-state index in [1.54, 1.807) is 6.92 Å². The number of ether oxygens (including phenoxy) is 1. The van der Waals surface area contributed by atoms with Gasteiger partial charge in [0.2, 0.25) is 0 Å². The van der Waals surface area contributed by atoms with E-state index in [1.807, 2.05) is 0 Å². The third-order valence-electron chi connectivity index (χ3n) is 8.52. The summed E-state index contributed by atoms with van der Waals surface area (Å²) in [6, 6.07) is 0. The third kappa shape index (κ3) is 2.51. The Hall–Kier alpha value is -0.370. The van der Waals surface area contributed by atoms with E-state index in [0.717, 1.165) is 36.2 Å². The zero-order valence-corrected chi connectivity index (χ0v) is 15.2. The van der Waals surface area contributed by atoms with Crippen LogP contribution in [0.15, 0.2) is 0 Å². The molecular formula is C21H34O2. The van der Waals surface area contributed by atoms with Gasteiger partial charge in [0.1, 0.15) is 5.78 Å². The molecule has 4 fully saturated rings. The summed E-state index contributed by atoms with van der Waals surface area (Å²) in [4.78, 5) is 12.2. The first-order chi connectivity index (χ1) is 11.0. The summed E-state index contributed by atoms with van der Waals surface area (Å²) in [6.45, 7) is 8.23. The monoisotopic (exact) mass is 318 g/mol. The van der Waals surface area contributed by atoms with E-state index >= 15 is 0 Å². The maximum Gasteiger partial charge on any atom is 0.135 e. The molecule has 0 radical (unpaired) electrons. The normalized spacial score (nSPS) is 52.9. The quantitative estimate of drug-likeness (QED) is 0.699. The van der Waals surface area contributed by atoms with Gasteiger partial charge < -0.3 is 4.74 Å². The SMILES string of the molecule is CC(=O)C1COCC2C3CCC4CC(C)CCC4C3CCC12C. The van der Waals surface area contributed by atoms with Gasteiger partial charge in [-0.2, -0.15) is 0 Å². The molecule has 2 nitrogen and oxygen atoms in total. The highest BCUT2D eigenvalue weighted by Crippen LogP contribution is 2.61. The number of fused-ring (bicyclic) bond motifs is 5. The largest absolute Gasteiger partial charge is 0.380 e. The van der Waals surface area contributed by atoms with Gasteiger partial charge >= 0.3 is 0 Å². The average molecular weight is 319 g/mol. The van der Waals surface area contributed by atoms with Crippen LogP contribution < -0.4 is 0 Å². The fraction of sp³-hybridized carbons (Fsp3) is 0.952. The molecule has 1 saturated heterocycles.